The van der Waals surface area contributed by atoms with E-state index in [4.69, 9.17) is 4.74 Å². The second-order valence-electron chi connectivity index (χ2n) is 4.36. The molecule has 1 aromatic heterocycles. The maximum Gasteiger partial charge on any atom is 0.182 e. The summed E-state index contributed by atoms with van der Waals surface area (Å²) in [5, 5.41) is 1.49. The molecule has 0 atom stereocenters. The molecule has 0 aliphatic carbocycles. The van der Waals surface area contributed by atoms with Crippen LogP contribution in [-0.2, 0) is 0 Å². The molecule has 0 amide bonds. The van der Waals surface area contributed by atoms with Gasteiger partial charge in [-0.1, -0.05) is 12.1 Å². The maximum atomic E-state index is 14.3. The Balaban J connectivity index is 2.39. The van der Waals surface area contributed by atoms with Gasteiger partial charge in [-0.05, 0) is 31.5 Å². The average Bonchev–Trinajstić information content (AvgIpc) is 2.78. The normalized spacial score (nSPS) is 11.4. The number of benzene rings is 2. The average molecular weight is 278 g/mol. The number of aryl methyl sites for hydroxylation is 1. The molecule has 3 rings (SSSR count). The van der Waals surface area contributed by atoms with E-state index < -0.39 is 5.82 Å². The van der Waals surface area contributed by atoms with Crippen molar-refractivity contribution in [2.45, 2.75) is 13.8 Å². The van der Waals surface area contributed by atoms with Crippen LogP contribution in [0.2, 0.25) is 0 Å². The molecule has 0 bridgehead atoms. The molecule has 0 saturated carbocycles. The van der Waals surface area contributed by atoms with E-state index >= 15 is 0 Å². The number of rotatable bonds is 2. The Morgan fingerprint density at radius 1 is 1.00 bits per heavy atom. The van der Waals surface area contributed by atoms with Crippen molar-refractivity contribution in [3.05, 3.63) is 41.5 Å². The zero-order valence-electron chi connectivity index (χ0n) is 10.6. The van der Waals surface area contributed by atoms with Crippen molar-refractivity contribution in [1.29, 1.82) is 0 Å². The highest BCUT2D eigenvalue weighted by Gasteiger charge is 2.16. The third-order valence-electron chi connectivity index (χ3n) is 3.15. The van der Waals surface area contributed by atoms with E-state index in [0.717, 1.165) is 22.1 Å². The second kappa shape index (κ2) is 4.46. The molecule has 0 fully saturated rings. The van der Waals surface area contributed by atoms with Crippen LogP contribution in [0.25, 0.3) is 20.2 Å². The van der Waals surface area contributed by atoms with Crippen LogP contribution in [-0.4, -0.2) is 6.61 Å². The Morgan fingerprint density at radius 2 is 1.63 bits per heavy atom. The fourth-order valence-corrected chi connectivity index (χ4v) is 3.41. The molecule has 19 heavy (non-hydrogen) atoms. The summed E-state index contributed by atoms with van der Waals surface area (Å²) in [6.45, 7) is 3.92. The topological polar surface area (TPSA) is 9.23 Å². The van der Waals surface area contributed by atoms with Crippen LogP contribution < -0.4 is 4.74 Å². The van der Waals surface area contributed by atoms with Gasteiger partial charge in [-0.3, -0.25) is 0 Å². The summed E-state index contributed by atoms with van der Waals surface area (Å²) >= 11 is 1.14. The maximum absolute atomic E-state index is 14.3. The summed E-state index contributed by atoms with van der Waals surface area (Å²) in [5.74, 6) is -0.452. The van der Waals surface area contributed by atoms with E-state index in [1.165, 1.54) is 0 Å². The molecule has 0 radical (unpaired) electrons. The molecular formula is C15H12F2OS. The van der Waals surface area contributed by atoms with Crippen LogP contribution in [0.3, 0.4) is 0 Å². The molecule has 0 spiro atoms. The summed E-state index contributed by atoms with van der Waals surface area (Å²) in [5.41, 5.74) is 0.574. The van der Waals surface area contributed by atoms with Gasteiger partial charge in [0.15, 0.2) is 11.6 Å². The first-order valence-corrected chi connectivity index (χ1v) is 6.87. The molecule has 0 aliphatic heterocycles. The Hall–Kier alpha value is -1.68. The number of halogens is 2. The zero-order valence-corrected chi connectivity index (χ0v) is 11.4. The highest BCUT2D eigenvalue weighted by Crippen LogP contribution is 2.40. The number of fused-ring (bicyclic) bond motifs is 3. The van der Waals surface area contributed by atoms with Crippen LogP contribution in [0.15, 0.2) is 24.3 Å². The third-order valence-corrected chi connectivity index (χ3v) is 4.35. The van der Waals surface area contributed by atoms with Crippen molar-refractivity contribution < 1.29 is 13.5 Å². The molecule has 4 heteroatoms. The molecule has 0 saturated heterocycles. The number of hydrogen-bond donors (Lipinski definition) is 0. The van der Waals surface area contributed by atoms with Gasteiger partial charge in [0, 0.05) is 10.8 Å². The molecule has 3 aromatic rings. The highest BCUT2D eigenvalue weighted by molar-refractivity contribution is 7.25. The van der Waals surface area contributed by atoms with E-state index in [1.807, 2.05) is 6.07 Å². The van der Waals surface area contributed by atoms with Gasteiger partial charge in [-0.25, -0.2) is 8.78 Å². The van der Waals surface area contributed by atoms with E-state index in [9.17, 15) is 8.78 Å². The van der Waals surface area contributed by atoms with Gasteiger partial charge in [0.25, 0.3) is 0 Å². The smallest absolute Gasteiger partial charge is 0.182 e. The SMILES string of the molecule is CCOc1ccc2c(sc3c(F)c(C)ccc32)c1F. The number of ether oxygens (including phenoxy) is 1. The minimum atomic E-state index is -0.405. The van der Waals surface area contributed by atoms with Gasteiger partial charge >= 0.3 is 0 Å². The number of thiophene rings is 1. The van der Waals surface area contributed by atoms with Crippen LogP contribution in [0.4, 0.5) is 8.78 Å². The molecule has 98 valence electrons. The predicted molar refractivity (Wildman–Crippen MR) is 75.2 cm³/mol. The van der Waals surface area contributed by atoms with Gasteiger partial charge in [-0.2, -0.15) is 0 Å². The molecule has 1 nitrogen and oxygen atoms in total. The minimum absolute atomic E-state index is 0.221. The quantitative estimate of drug-likeness (QED) is 0.638. The van der Waals surface area contributed by atoms with Crippen LogP contribution >= 0.6 is 11.3 Å². The molecule has 2 aromatic carbocycles. The summed E-state index contributed by atoms with van der Waals surface area (Å²) < 4.78 is 34.5. The monoisotopic (exact) mass is 278 g/mol. The fraction of sp³-hybridized carbons (Fsp3) is 0.200. The first-order valence-electron chi connectivity index (χ1n) is 6.06. The zero-order chi connectivity index (χ0) is 13.6. The first-order chi connectivity index (χ1) is 9.13. The largest absolute Gasteiger partial charge is 0.491 e. The van der Waals surface area contributed by atoms with Crippen LogP contribution in [0.5, 0.6) is 5.75 Å². The van der Waals surface area contributed by atoms with Gasteiger partial charge in [-0.15, -0.1) is 11.3 Å². The summed E-state index contributed by atoms with van der Waals surface area (Å²) in [4.78, 5) is 0. The number of hydrogen-bond acceptors (Lipinski definition) is 2. The molecule has 0 aliphatic rings. The minimum Gasteiger partial charge on any atom is -0.491 e. The Morgan fingerprint density at radius 3 is 2.32 bits per heavy atom. The summed E-state index contributed by atoms with van der Waals surface area (Å²) in [7, 11) is 0. The lowest BCUT2D eigenvalue weighted by Gasteiger charge is -2.04. The van der Waals surface area contributed by atoms with Gasteiger partial charge in [0.1, 0.15) is 5.82 Å². The first kappa shape index (κ1) is 12.4. The van der Waals surface area contributed by atoms with Gasteiger partial charge in [0.2, 0.25) is 0 Å². The predicted octanol–water partition coefficient (Wildman–Crippen LogP) is 5.04. The lowest BCUT2D eigenvalue weighted by Crippen LogP contribution is -1.93. The standard InChI is InChI=1S/C15H12F2OS/c1-3-18-11-7-6-10-9-5-4-8(2)12(16)14(9)19-15(10)13(11)17/h4-7H,3H2,1-2H3. The molecule has 0 N–H and O–H groups in total. The Kier molecular flexibility index (Phi) is 2.90. The molecule has 0 unspecified atom stereocenters. The fourth-order valence-electron chi connectivity index (χ4n) is 2.19. The van der Waals surface area contributed by atoms with Crippen molar-refractivity contribution in [2.75, 3.05) is 6.61 Å². The summed E-state index contributed by atoms with van der Waals surface area (Å²) in [6.07, 6.45) is 0. The molecule has 1 heterocycles. The van der Waals surface area contributed by atoms with Crippen molar-refractivity contribution >= 4 is 31.5 Å². The van der Waals surface area contributed by atoms with Crippen LogP contribution in [0.1, 0.15) is 12.5 Å². The highest BCUT2D eigenvalue weighted by atomic mass is 32.1. The van der Waals surface area contributed by atoms with Crippen molar-refractivity contribution in [3.63, 3.8) is 0 Å². The lowest BCUT2D eigenvalue weighted by molar-refractivity contribution is 0.323. The van der Waals surface area contributed by atoms with Crippen molar-refractivity contribution in [2.24, 2.45) is 0 Å². The lowest BCUT2D eigenvalue weighted by atomic mass is 10.1. The Bertz CT molecular complexity index is 777. The van der Waals surface area contributed by atoms with E-state index in [1.54, 1.807) is 32.0 Å². The van der Waals surface area contributed by atoms with E-state index in [2.05, 4.69) is 0 Å². The van der Waals surface area contributed by atoms with Crippen molar-refractivity contribution in [3.8, 4) is 5.75 Å². The van der Waals surface area contributed by atoms with Crippen LogP contribution in [0, 0.1) is 18.6 Å². The third kappa shape index (κ3) is 1.78. The second-order valence-corrected chi connectivity index (χ2v) is 5.38. The van der Waals surface area contributed by atoms with E-state index in [-0.39, 0.29) is 11.6 Å². The molecular weight excluding hydrogens is 266 g/mol. The Labute approximate surface area is 113 Å². The van der Waals surface area contributed by atoms with E-state index in [0.29, 0.717) is 21.6 Å². The van der Waals surface area contributed by atoms with Gasteiger partial charge in [0.05, 0.1) is 16.0 Å². The summed E-state index contributed by atoms with van der Waals surface area (Å²) in [6, 6.07) is 6.95. The van der Waals surface area contributed by atoms with Crippen molar-refractivity contribution in [1.82, 2.24) is 0 Å². The van der Waals surface area contributed by atoms with Gasteiger partial charge < -0.3 is 4.74 Å².